The van der Waals surface area contributed by atoms with Crippen molar-refractivity contribution in [1.29, 1.82) is 0 Å². The molecule has 4 heteroatoms. The molecule has 0 spiro atoms. The van der Waals surface area contributed by atoms with Gasteiger partial charge < -0.3 is 0 Å². The predicted octanol–water partition coefficient (Wildman–Crippen LogP) is 2.97. The Morgan fingerprint density at radius 2 is 1.83 bits per heavy atom. The van der Waals surface area contributed by atoms with Gasteiger partial charge in [-0.05, 0) is 31.0 Å². The van der Waals surface area contributed by atoms with Gasteiger partial charge in [-0.2, -0.15) is 0 Å². The summed E-state index contributed by atoms with van der Waals surface area (Å²) in [7, 11) is 0. The number of rotatable bonds is 3. The number of nitrogens with zero attached hydrogens (tertiary/aromatic N) is 3. The molecular formula is C19H19N3O. The summed E-state index contributed by atoms with van der Waals surface area (Å²) in [5, 5.41) is 0.702. The van der Waals surface area contributed by atoms with Crippen molar-refractivity contribution in [3.63, 3.8) is 0 Å². The van der Waals surface area contributed by atoms with Crippen molar-refractivity contribution in [1.82, 2.24) is 14.5 Å². The van der Waals surface area contributed by atoms with Gasteiger partial charge in [0.15, 0.2) is 0 Å². The van der Waals surface area contributed by atoms with Crippen LogP contribution in [0.1, 0.15) is 24.4 Å². The van der Waals surface area contributed by atoms with Crippen LogP contribution in [0.2, 0.25) is 0 Å². The average molecular weight is 305 g/mol. The van der Waals surface area contributed by atoms with Gasteiger partial charge in [0.1, 0.15) is 5.82 Å². The molecule has 0 N–H and O–H groups in total. The second-order valence-corrected chi connectivity index (χ2v) is 6.09. The zero-order valence-electron chi connectivity index (χ0n) is 13.1. The lowest BCUT2D eigenvalue weighted by Crippen LogP contribution is -2.26. The fourth-order valence-electron chi connectivity index (χ4n) is 3.29. The summed E-state index contributed by atoms with van der Waals surface area (Å²) in [4.78, 5) is 19.7. The SMILES string of the molecule is CC1c2nc3ccccc3c(=O)n2CN1CCc1ccccc1. The highest BCUT2D eigenvalue weighted by Crippen LogP contribution is 2.26. The Bertz CT molecular complexity index is 901. The van der Waals surface area contributed by atoms with Crippen LogP contribution in [0.5, 0.6) is 0 Å². The van der Waals surface area contributed by atoms with Gasteiger partial charge in [0.2, 0.25) is 0 Å². The lowest BCUT2D eigenvalue weighted by atomic mass is 10.1. The summed E-state index contributed by atoms with van der Waals surface area (Å²) < 4.78 is 1.82. The van der Waals surface area contributed by atoms with E-state index < -0.39 is 0 Å². The predicted molar refractivity (Wildman–Crippen MR) is 91.3 cm³/mol. The van der Waals surface area contributed by atoms with Crippen LogP contribution < -0.4 is 5.56 Å². The summed E-state index contributed by atoms with van der Waals surface area (Å²) in [6, 6.07) is 18.2. The van der Waals surface area contributed by atoms with Gasteiger partial charge in [-0.1, -0.05) is 42.5 Å². The van der Waals surface area contributed by atoms with E-state index in [1.165, 1.54) is 5.56 Å². The van der Waals surface area contributed by atoms with Crippen LogP contribution in [0.3, 0.4) is 0 Å². The van der Waals surface area contributed by atoms with Crippen molar-refractivity contribution in [3.05, 3.63) is 76.3 Å². The molecule has 2 aromatic carbocycles. The minimum atomic E-state index is 0.0691. The first kappa shape index (κ1) is 14.2. The lowest BCUT2D eigenvalue weighted by molar-refractivity contribution is 0.211. The second kappa shape index (κ2) is 5.63. The number of hydrogen-bond donors (Lipinski definition) is 0. The normalized spacial score (nSPS) is 17.5. The highest BCUT2D eigenvalue weighted by molar-refractivity contribution is 5.77. The number of hydrogen-bond acceptors (Lipinski definition) is 3. The fraction of sp³-hybridized carbons (Fsp3) is 0.263. The number of fused-ring (bicyclic) bond motifs is 2. The Labute approximate surface area is 135 Å². The van der Waals surface area contributed by atoms with Crippen molar-refractivity contribution < 1.29 is 0 Å². The van der Waals surface area contributed by atoms with Crippen LogP contribution in [0, 0.1) is 0 Å². The molecule has 0 aliphatic carbocycles. The Morgan fingerprint density at radius 3 is 2.65 bits per heavy atom. The largest absolute Gasteiger partial charge is 0.281 e. The molecule has 1 aromatic heterocycles. The molecule has 0 amide bonds. The van der Waals surface area contributed by atoms with E-state index in [1.54, 1.807) is 0 Å². The van der Waals surface area contributed by atoms with Crippen molar-refractivity contribution in [2.75, 3.05) is 6.54 Å². The van der Waals surface area contributed by atoms with Crippen LogP contribution in [0.4, 0.5) is 0 Å². The van der Waals surface area contributed by atoms with Crippen LogP contribution in [-0.4, -0.2) is 21.0 Å². The molecule has 4 rings (SSSR count). The van der Waals surface area contributed by atoms with Gasteiger partial charge >= 0.3 is 0 Å². The molecule has 0 radical (unpaired) electrons. The van der Waals surface area contributed by atoms with Crippen molar-refractivity contribution in [2.24, 2.45) is 0 Å². The summed E-state index contributed by atoms with van der Waals surface area (Å²) >= 11 is 0. The zero-order chi connectivity index (χ0) is 15.8. The second-order valence-electron chi connectivity index (χ2n) is 6.09. The molecule has 0 saturated carbocycles. The van der Waals surface area contributed by atoms with Crippen LogP contribution in [0.25, 0.3) is 10.9 Å². The molecule has 0 saturated heterocycles. The van der Waals surface area contributed by atoms with Gasteiger partial charge in [-0.3, -0.25) is 14.3 Å². The van der Waals surface area contributed by atoms with E-state index in [9.17, 15) is 4.79 Å². The summed E-state index contributed by atoms with van der Waals surface area (Å²) in [5.74, 6) is 0.877. The Kier molecular flexibility index (Phi) is 3.46. The molecule has 116 valence electrons. The average Bonchev–Trinajstić information content (AvgIpc) is 2.91. The summed E-state index contributed by atoms with van der Waals surface area (Å²) in [6.07, 6.45) is 0.980. The van der Waals surface area contributed by atoms with E-state index in [-0.39, 0.29) is 11.6 Å². The van der Waals surface area contributed by atoms with Crippen molar-refractivity contribution in [2.45, 2.75) is 26.1 Å². The minimum Gasteiger partial charge on any atom is -0.281 e. The molecule has 23 heavy (non-hydrogen) atoms. The topological polar surface area (TPSA) is 38.1 Å². The Morgan fingerprint density at radius 1 is 1.09 bits per heavy atom. The van der Waals surface area contributed by atoms with E-state index >= 15 is 0 Å². The molecule has 1 atom stereocenters. The smallest absolute Gasteiger partial charge is 0.262 e. The zero-order valence-corrected chi connectivity index (χ0v) is 13.1. The summed E-state index contributed by atoms with van der Waals surface area (Å²) in [5.41, 5.74) is 2.18. The molecule has 1 aliphatic heterocycles. The monoisotopic (exact) mass is 305 g/mol. The van der Waals surface area contributed by atoms with Gasteiger partial charge in [-0.25, -0.2) is 4.98 Å². The van der Waals surface area contributed by atoms with Crippen molar-refractivity contribution >= 4 is 10.9 Å². The van der Waals surface area contributed by atoms with Crippen LogP contribution in [0.15, 0.2) is 59.4 Å². The minimum absolute atomic E-state index is 0.0691. The standard InChI is InChI=1S/C19H19N3O/c1-14-18-20-17-10-6-5-9-16(17)19(23)22(18)13-21(14)12-11-15-7-3-2-4-8-15/h2-10,14H,11-13H2,1H3. The Balaban J connectivity index is 1.63. The summed E-state index contributed by atoms with van der Waals surface area (Å²) in [6.45, 7) is 3.68. The molecular weight excluding hydrogens is 286 g/mol. The molecule has 1 unspecified atom stereocenters. The van der Waals surface area contributed by atoms with E-state index in [4.69, 9.17) is 4.98 Å². The van der Waals surface area contributed by atoms with Gasteiger partial charge in [0.05, 0.1) is 23.6 Å². The molecule has 1 aliphatic rings. The van der Waals surface area contributed by atoms with Crippen molar-refractivity contribution in [3.8, 4) is 0 Å². The van der Waals surface area contributed by atoms with E-state index in [1.807, 2.05) is 34.9 Å². The van der Waals surface area contributed by atoms with Crippen LogP contribution in [-0.2, 0) is 13.1 Å². The maximum absolute atomic E-state index is 12.7. The van der Waals surface area contributed by atoms with E-state index in [2.05, 4.69) is 36.1 Å². The molecule has 3 aromatic rings. The highest BCUT2D eigenvalue weighted by atomic mass is 16.1. The van der Waals surface area contributed by atoms with E-state index in [0.29, 0.717) is 12.1 Å². The number of benzene rings is 2. The van der Waals surface area contributed by atoms with Gasteiger partial charge in [-0.15, -0.1) is 0 Å². The highest BCUT2D eigenvalue weighted by Gasteiger charge is 2.29. The molecule has 4 nitrogen and oxygen atoms in total. The number of para-hydroxylation sites is 1. The lowest BCUT2D eigenvalue weighted by Gasteiger charge is -2.19. The molecule has 2 heterocycles. The maximum Gasteiger partial charge on any atom is 0.262 e. The van der Waals surface area contributed by atoms with E-state index in [0.717, 1.165) is 24.3 Å². The third-order valence-corrected chi connectivity index (χ3v) is 4.67. The first-order chi connectivity index (χ1) is 11.2. The van der Waals surface area contributed by atoms with Gasteiger partial charge in [0.25, 0.3) is 5.56 Å². The fourth-order valence-corrected chi connectivity index (χ4v) is 3.29. The van der Waals surface area contributed by atoms with Gasteiger partial charge in [0, 0.05) is 6.54 Å². The van der Waals surface area contributed by atoms with Crippen LogP contribution >= 0.6 is 0 Å². The quantitative estimate of drug-likeness (QED) is 0.746. The maximum atomic E-state index is 12.7. The first-order valence-electron chi connectivity index (χ1n) is 8.01. The Hall–Kier alpha value is -2.46. The molecule has 0 fully saturated rings. The third kappa shape index (κ3) is 2.45. The third-order valence-electron chi connectivity index (χ3n) is 4.67. The number of aromatic nitrogens is 2. The first-order valence-corrected chi connectivity index (χ1v) is 8.01. The molecule has 0 bridgehead atoms.